The largest absolute Gasteiger partial charge is 0.357 e. The second-order valence-corrected chi connectivity index (χ2v) is 6.39. The highest BCUT2D eigenvalue weighted by Crippen LogP contribution is 2.23. The number of hydrogen-bond acceptors (Lipinski definition) is 5. The summed E-state index contributed by atoms with van der Waals surface area (Å²) < 4.78 is 0. The van der Waals surface area contributed by atoms with Gasteiger partial charge in [0.25, 0.3) is 5.56 Å². The standard InChI is InChI=1S/C15H13ClN4O2S/c1-8(21)19-13-7-18-15(23-13)17-6-10-4-9-5-11(16)2-3-12(9)20-14(10)22/h2-5,7H,6H2,1H3,(H,17,18)(H,19,21)(H,20,22). The van der Waals surface area contributed by atoms with Crippen LogP contribution in [0.5, 0.6) is 0 Å². The molecule has 0 spiro atoms. The zero-order valence-electron chi connectivity index (χ0n) is 12.1. The predicted molar refractivity (Wildman–Crippen MR) is 93.3 cm³/mol. The Bertz CT molecular complexity index is 935. The first-order valence-electron chi connectivity index (χ1n) is 6.80. The SMILES string of the molecule is CC(=O)Nc1cnc(NCc2cc3cc(Cl)ccc3[nH]c2=O)s1. The Kier molecular flexibility index (Phi) is 4.31. The number of anilines is 2. The van der Waals surface area contributed by atoms with Gasteiger partial charge >= 0.3 is 0 Å². The van der Waals surface area contributed by atoms with Gasteiger partial charge in [-0.3, -0.25) is 9.59 Å². The number of H-pyrrole nitrogens is 1. The van der Waals surface area contributed by atoms with Crippen molar-refractivity contribution in [3.63, 3.8) is 0 Å². The second-order valence-electron chi connectivity index (χ2n) is 4.92. The number of benzene rings is 1. The molecule has 0 aliphatic rings. The van der Waals surface area contributed by atoms with Crippen LogP contribution in [0, 0.1) is 0 Å². The molecule has 0 saturated carbocycles. The molecule has 118 valence electrons. The summed E-state index contributed by atoms with van der Waals surface area (Å²) in [5.41, 5.74) is 1.16. The lowest BCUT2D eigenvalue weighted by Gasteiger charge is -2.05. The summed E-state index contributed by atoms with van der Waals surface area (Å²) >= 11 is 7.28. The van der Waals surface area contributed by atoms with Crippen molar-refractivity contribution >= 4 is 49.9 Å². The number of thiazole rings is 1. The third-order valence-corrected chi connectivity index (χ3v) is 4.22. The molecule has 2 heterocycles. The number of hydrogen-bond donors (Lipinski definition) is 3. The minimum Gasteiger partial charge on any atom is -0.357 e. The summed E-state index contributed by atoms with van der Waals surface area (Å²) in [6.07, 6.45) is 1.57. The van der Waals surface area contributed by atoms with E-state index < -0.39 is 0 Å². The molecule has 0 aliphatic heterocycles. The monoisotopic (exact) mass is 348 g/mol. The van der Waals surface area contributed by atoms with Crippen molar-refractivity contribution in [3.05, 3.63) is 51.4 Å². The summed E-state index contributed by atoms with van der Waals surface area (Å²) in [4.78, 5) is 30.1. The van der Waals surface area contributed by atoms with Gasteiger partial charge in [0.1, 0.15) is 5.00 Å². The molecule has 2 aromatic heterocycles. The highest BCUT2D eigenvalue weighted by atomic mass is 35.5. The molecule has 0 atom stereocenters. The number of nitrogens with zero attached hydrogens (tertiary/aromatic N) is 1. The van der Waals surface area contributed by atoms with Gasteiger partial charge in [-0.15, -0.1) is 0 Å². The fourth-order valence-electron chi connectivity index (χ4n) is 2.11. The van der Waals surface area contributed by atoms with Gasteiger partial charge in [0, 0.05) is 35.0 Å². The predicted octanol–water partition coefficient (Wildman–Crippen LogP) is 3.21. The number of rotatable bonds is 4. The van der Waals surface area contributed by atoms with Crippen molar-refractivity contribution in [2.75, 3.05) is 10.6 Å². The first-order chi connectivity index (χ1) is 11.0. The van der Waals surface area contributed by atoms with Crippen LogP contribution >= 0.6 is 22.9 Å². The minimum atomic E-state index is -0.161. The molecule has 0 fully saturated rings. The summed E-state index contributed by atoms with van der Waals surface area (Å²) in [5.74, 6) is -0.150. The molecule has 0 unspecified atom stereocenters. The van der Waals surface area contributed by atoms with Crippen LogP contribution in [-0.4, -0.2) is 15.9 Å². The molecule has 0 saturated heterocycles. The van der Waals surface area contributed by atoms with Gasteiger partial charge in [0.15, 0.2) is 5.13 Å². The Hall–Kier alpha value is -2.38. The first-order valence-corrected chi connectivity index (χ1v) is 7.99. The molecule has 1 amide bonds. The van der Waals surface area contributed by atoms with E-state index >= 15 is 0 Å². The Labute approximate surface area is 140 Å². The minimum absolute atomic E-state index is 0.150. The van der Waals surface area contributed by atoms with Crippen LogP contribution in [0.4, 0.5) is 10.1 Å². The number of amides is 1. The molecule has 1 aromatic carbocycles. The van der Waals surface area contributed by atoms with Crippen molar-refractivity contribution in [2.24, 2.45) is 0 Å². The Balaban J connectivity index is 1.78. The van der Waals surface area contributed by atoms with Crippen LogP contribution in [-0.2, 0) is 11.3 Å². The van der Waals surface area contributed by atoms with E-state index in [2.05, 4.69) is 20.6 Å². The Morgan fingerprint density at radius 1 is 1.39 bits per heavy atom. The van der Waals surface area contributed by atoms with Crippen LogP contribution in [0.15, 0.2) is 35.3 Å². The highest BCUT2D eigenvalue weighted by molar-refractivity contribution is 7.19. The average molecular weight is 349 g/mol. The number of carbonyl (C=O) groups excluding carboxylic acids is 1. The number of aromatic amines is 1. The molecule has 0 bridgehead atoms. The third-order valence-electron chi connectivity index (χ3n) is 3.12. The van der Waals surface area contributed by atoms with Gasteiger partial charge < -0.3 is 15.6 Å². The zero-order chi connectivity index (χ0) is 16.4. The van der Waals surface area contributed by atoms with Gasteiger partial charge in [-0.25, -0.2) is 4.98 Å². The van der Waals surface area contributed by atoms with E-state index in [1.165, 1.54) is 18.3 Å². The number of aromatic nitrogens is 2. The number of carbonyl (C=O) groups is 1. The van der Waals surface area contributed by atoms with E-state index in [9.17, 15) is 9.59 Å². The van der Waals surface area contributed by atoms with Gasteiger partial charge in [-0.1, -0.05) is 22.9 Å². The van der Waals surface area contributed by atoms with Gasteiger partial charge in [-0.05, 0) is 24.3 Å². The van der Waals surface area contributed by atoms with Crippen molar-refractivity contribution in [1.29, 1.82) is 0 Å². The normalized spacial score (nSPS) is 10.7. The molecule has 3 aromatic rings. The second kappa shape index (κ2) is 6.39. The number of nitrogens with one attached hydrogen (secondary N) is 3. The van der Waals surface area contributed by atoms with Crippen molar-refractivity contribution in [1.82, 2.24) is 9.97 Å². The maximum atomic E-state index is 12.1. The molecule has 3 N–H and O–H groups in total. The molecule has 0 radical (unpaired) electrons. The number of pyridine rings is 1. The summed E-state index contributed by atoms with van der Waals surface area (Å²) in [7, 11) is 0. The lowest BCUT2D eigenvalue weighted by atomic mass is 10.1. The topological polar surface area (TPSA) is 86.9 Å². The summed E-state index contributed by atoms with van der Waals surface area (Å²) in [5, 5.41) is 8.50. The van der Waals surface area contributed by atoms with Crippen molar-refractivity contribution in [3.8, 4) is 0 Å². The van der Waals surface area contributed by atoms with Gasteiger partial charge in [-0.2, -0.15) is 0 Å². The van der Waals surface area contributed by atoms with Crippen LogP contribution in [0.1, 0.15) is 12.5 Å². The van der Waals surface area contributed by atoms with Crippen molar-refractivity contribution < 1.29 is 4.79 Å². The van der Waals surface area contributed by atoms with Gasteiger partial charge in [0.2, 0.25) is 5.91 Å². The third kappa shape index (κ3) is 3.69. The van der Waals surface area contributed by atoms with E-state index in [-0.39, 0.29) is 11.5 Å². The van der Waals surface area contributed by atoms with E-state index in [4.69, 9.17) is 11.6 Å². The summed E-state index contributed by atoms with van der Waals surface area (Å²) in [6.45, 7) is 1.76. The fourth-order valence-corrected chi connectivity index (χ4v) is 3.05. The highest BCUT2D eigenvalue weighted by Gasteiger charge is 2.06. The Morgan fingerprint density at radius 2 is 2.22 bits per heavy atom. The van der Waals surface area contributed by atoms with Crippen LogP contribution < -0.4 is 16.2 Å². The molecule has 23 heavy (non-hydrogen) atoms. The first kappa shape index (κ1) is 15.5. The van der Waals surface area contributed by atoms with Crippen LogP contribution in [0.25, 0.3) is 10.9 Å². The van der Waals surface area contributed by atoms with Crippen LogP contribution in [0.3, 0.4) is 0 Å². The quantitative estimate of drug-likeness (QED) is 0.675. The average Bonchev–Trinajstić information content (AvgIpc) is 2.92. The lowest BCUT2D eigenvalue weighted by molar-refractivity contribution is -0.114. The van der Waals surface area contributed by atoms with E-state index in [0.717, 1.165) is 10.9 Å². The number of fused-ring (bicyclic) bond motifs is 1. The molecule has 8 heteroatoms. The van der Waals surface area contributed by atoms with Gasteiger partial charge in [0.05, 0.1) is 6.20 Å². The molecule has 3 rings (SSSR count). The smallest absolute Gasteiger partial charge is 0.253 e. The zero-order valence-corrected chi connectivity index (χ0v) is 13.7. The van der Waals surface area contributed by atoms with Crippen molar-refractivity contribution in [2.45, 2.75) is 13.5 Å². The molecule has 0 aliphatic carbocycles. The molecular weight excluding hydrogens is 336 g/mol. The molecule has 6 nitrogen and oxygen atoms in total. The Morgan fingerprint density at radius 3 is 3.00 bits per heavy atom. The lowest BCUT2D eigenvalue weighted by Crippen LogP contribution is -2.15. The van der Waals surface area contributed by atoms with E-state index in [1.54, 1.807) is 30.5 Å². The van der Waals surface area contributed by atoms with Crippen LogP contribution in [0.2, 0.25) is 5.02 Å². The molecular formula is C15H13ClN4O2S. The fraction of sp³-hybridized carbons (Fsp3) is 0.133. The maximum absolute atomic E-state index is 12.1. The number of halogens is 1. The van der Waals surface area contributed by atoms with E-state index in [1.807, 2.05) is 0 Å². The maximum Gasteiger partial charge on any atom is 0.253 e. The van der Waals surface area contributed by atoms with E-state index in [0.29, 0.717) is 27.3 Å². The summed E-state index contributed by atoms with van der Waals surface area (Å²) in [6, 6.07) is 7.11.